The molecule has 2 aromatic heterocycles. The summed E-state index contributed by atoms with van der Waals surface area (Å²) in [6.45, 7) is 4.70. The molecule has 1 aliphatic rings. The molecule has 0 atom stereocenters. The molecule has 4 rings (SSSR count). The number of halogens is 1. The van der Waals surface area contributed by atoms with Crippen LogP contribution < -0.4 is 4.74 Å². The van der Waals surface area contributed by atoms with E-state index in [-0.39, 0.29) is 29.7 Å². The molecule has 1 aliphatic heterocycles. The van der Waals surface area contributed by atoms with E-state index in [1.807, 2.05) is 13.8 Å². The number of piperidine rings is 1. The Bertz CT molecular complexity index is 1060. The lowest BCUT2D eigenvalue weighted by Crippen LogP contribution is -2.42. The minimum absolute atomic E-state index is 0.125. The summed E-state index contributed by atoms with van der Waals surface area (Å²) < 4.78 is 26.9. The molecule has 30 heavy (non-hydrogen) atoms. The third-order valence-corrected chi connectivity index (χ3v) is 4.80. The van der Waals surface area contributed by atoms with E-state index in [1.165, 1.54) is 29.3 Å². The minimum atomic E-state index is -0.623. The van der Waals surface area contributed by atoms with E-state index < -0.39 is 5.82 Å². The summed E-state index contributed by atoms with van der Waals surface area (Å²) in [5.74, 6) is -0.439. The minimum Gasteiger partial charge on any atom is -0.508 e. The fourth-order valence-corrected chi connectivity index (χ4v) is 3.35. The lowest BCUT2D eigenvalue weighted by atomic mass is 10.1. The number of fused-ring (bicyclic) bond motifs is 1. The first kappa shape index (κ1) is 19.9. The van der Waals surface area contributed by atoms with Crippen LogP contribution in [0.3, 0.4) is 0 Å². The van der Waals surface area contributed by atoms with Crippen LogP contribution >= 0.6 is 0 Å². The van der Waals surface area contributed by atoms with E-state index in [1.54, 1.807) is 4.90 Å². The zero-order valence-corrected chi connectivity index (χ0v) is 16.7. The van der Waals surface area contributed by atoms with Gasteiger partial charge >= 0.3 is 6.09 Å². The Morgan fingerprint density at radius 3 is 2.73 bits per heavy atom. The SMILES string of the molecule is CC(C)OC(=O)N1CCC(Oc2ncnc3c2cnn3-c2ccc(O)cc2F)CC1. The largest absolute Gasteiger partial charge is 0.508 e. The maximum Gasteiger partial charge on any atom is 0.410 e. The van der Waals surface area contributed by atoms with Gasteiger partial charge < -0.3 is 19.5 Å². The Balaban J connectivity index is 1.50. The van der Waals surface area contributed by atoms with Crippen molar-refractivity contribution >= 4 is 17.1 Å². The number of rotatable bonds is 4. The Kier molecular flexibility index (Phi) is 5.39. The Hall–Kier alpha value is -3.43. The number of ether oxygens (including phenoxy) is 2. The molecule has 0 aliphatic carbocycles. The fraction of sp³-hybridized carbons (Fsp3) is 0.400. The molecule has 1 fully saturated rings. The molecule has 0 saturated carbocycles. The Morgan fingerprint density at radius 2 is 2.03 bits per heavy atom. The molecule has 9 nitrogen and oxygen atoms in total. The highest BCUT2D eigenvalue weighted by Gasteiger charge is 2.26. The first-order valence-electron chi connectivity index (χ1n) is 9.72. The van der Waals surface area contributed by atoms with Crippen LogP contribution in [0.4, 0.5) is 9.18 Å². The van der Waals surface area contributed by atoms with Gasteiger partial charge in [-0.2, -0.15) is 5.10 Å². The van der Waals surface area contributed by atoms with E-state index >= 15 is 0 Å². The molecule has 1 aromatic carbocycles. The van der Waals surface area contributed by atoms with E-state index in [0.717, 1.165) is 6.07 Å². The number of amides is 1. The lowest BCUT2D eigenvalue weighted by molar-refractivity contribution is 0.0511. The summed E-state index contributed by atoms with van der Waals surface area (Å²) in [6.07, 6.45) is 3.54. The summed E-state index contributed by atoms with van der Waals surface area (Å²) in [7, 11) is 0. The molecular formula is C20H22FN5O4. The maximum absolute atomic E-state index is 14.3. The van der Waals surface area contributed by atoms with Crippen molar-refractivity contribution in [1.29, 1.82) is 0 Å². The molecular weight excluding hydrogens is 393 g/mol. The van der Waals surface area contributed by atoms with Crippen LogP contribution in [0, 0.1) is 5.82 Å². The monoisotopic (exact) mass is 415 g/mol. The van der Waals surface area contributed by atoms with Crippen molar-refractivity contribution < 1.29 is 23.8 Å². The summed E-state index contributed by atoms with van der Waals surface area (Å²) in [5, 5.41) is 14.2. The summed E-state index contributed by atoms with van der Waals surface area (Å²) >= 11 is 0. The van der Waals surface area contributed by atoms with Crippen molar-refractivity contribution in [2.75, 3.05) is 13.1 Å². The number of phenols is 1. The zero-order valence-electron chi connectivity index (χ0n) is 16.7. The van der Waals surface area contributed by atoms with Crippen molar-refractivity contribution in [3.05, 3.63) is 36.5 Å². The van der Waals surface area contributed by atoms with Crippen LogP contribution in [0.2, 0.25) is 0 Å². The molecule has 1 saturated heterocycles. The quantitative estimate of drug-likeness (QED) is 0.699. The summed E-state index contributed by atoms with van der Waals surface area (Å²) in [5.41, 5.74) is 0.548. The van der Waals surface area contributed by atoms with Gasteiger partial charge in [0, 0.05) is 32.0 Å². The van der Waals surface area contributed by atoms with Crippen LogP contribution in [-0.4, -0.2) is 61.1 Å². The molecule has 3 heterocycles. The first-order chi connectivity index (χ1) is 14.4. The normalized spacial score (nSPS) is 15.0. The van der Waals surface area contributed by atoms with Crippen LogP contribution in [0.5, 0.6) is 11.6 Å². The van der Waals surface area contributed by atoms with Crippen molar-refractivity contribution in [2.45, 2.75) is 38.9 Å². The van der Waals surface area contributed by atoms with Gasteiger partial charge in [0.05, 0.1) is 12.3 Å². The van der Waals surface area contributed by atoms with E-state index in [2.05, 4.69) is 15.1 Å². The maximum atomic E-state index is 14.3. The molecule has 1 amide bonds. The number of benzene rings is 1. The van der Waals surface area contributed by atoms with Crippen LogP contribution in [0.25, 0.3) is 16.7 Å². The van der Waals surface area contributed by atoms with E-state index in [9.17, 15) is 14.3 Å². The second-order valence-corrected chi connectivity index (χ2v) is 7.34. The number of likely N-dealkylation sites (tertiary alicyclic amines) is 1. The van der Waals surface area contributed by atoms with E-state index in [4.69, 9.17) is 9.47 Å². The number of hydrogen-bond acceptors (Lipinski definition) is 7. The lowest BCUT2D eigenvalue weighted by Gasteiger charge is -2.31. The van der Waals surface area contributed by atoms with Crippen LogP contribution in [-0.2, 0) is 4.74 Å². The third-order valence-electron chi connectivity index (χ3n) is 4.80. The molecule has 3 aromatic rings. The van der Waals surface area contributed by atoms with Crippen molar-refractivity contribution in [2.24, 2.45) is 0 Å². The van der Waals surface area contributed by atoms with Gasteiger partial charge in [0.15, 0.2) is 11.5 Å². The molecule has 0 bridgehead atoms. The zero-order chi connectivity index (χ0) is 21.3. The van der Waals surface area contributed by atoms with Gasteiger partial charge in [-0.25, -0.2) is 23.8 Å². The molecule has 0 radical (unpaired) electrons. The topological polar surface area (TPSA) is 103 Å². The number of aromatic nitrogens is 4. The van der Waals surface area contributed by atoms with E-state index in [0.29, 0.717) is 42.8 Å². The highest BCUT2D eigenvalue weighted by atomic mass is 19.1. The van der Waals surface area contributed by atoms with Gasteiger partial charge in [-0.1, -0.05) is 0 Å². The van der Waals surface area contributed by atoms with Crippen molar-refractivity contribution in [3.8, 4) is 17.3 Å². The average Bonchev–Trinajstić information content (AvgIpc) is 3.13. The van der Waals surface area contributed by atoms with Crippen LogP contribution in [0.15, 0.2) is 30.7 Å². The average molecular weight is 415 g/mol. The van der Waals surface area contributed by atoms with Gasteiger partial charge in [0.1, 0.15) is 29.3 Å². The molecule has 0 spiro atoms. The first-order valence-corrected chi connectivity index (χ1v) is 9.72. The highest BCUT2D eigenvalue weighted by Crippen LogP contribution is 2.27. The Morgan fingerprint density at radius 1 is 1.27 bits per heavy atom. The standard InChI is InChI=1S/C20H22FN5O4/c1-12(2)29-20(28)25-7-5-14(6-8-25)30-19-15-10-24-26(18(15)22-11-23-19)17-4-3-13(27)9-16(17)21/h3-4,9-12,14,27H,5-8H2,1-2H3. The molecule has 1 N–H and O–H groups in total. The smallest absolute Gasteiger partial charge is 0.410 e. The number of hydrogen-bond donors (Lipinski definition) is 1. The number of carbonyl (C=O) groups is 1. The highest BCUT2D eigenvalue weighted by molar-refractivity contribution is 5.81. The van der Waals surface area contributed by atoms with Gasteiger partial charge in [0.2, 0.25) is 5.88 Å². The number of phenolic OH excluding ortho intramolecular Hbond substituents is 1. The van der Waals surface area contributed by atoms with Gasteiger partial charge in [-0.15, -0.1) is 0 Å². The second kappa shape index (κ2) is 8.13. The van der Waals surface area contributed by atoms with Crippen molar-refractivity contribution in [1.82, 2.24) is 24.6 Å². The van der Waals surface area contributed by atoms with Crippen molar-refractivity contribution in [3.63, 3.8) is 0 Å². The van der Waals surface area contributed by atoms with Crippen LogP contribution in [0.1, 0.15) is 26.7 Å². The second-order valence-electron chi connectivity index (χ2n) is 7.34. The summed E-state index contributed by atoms with van der Waals surface area (Å²) in [6, 6.07) is 3.81. The Labute approximate surface area is 172 Å². The van der Waals surface area contributed by atoms with Gasteiger partial charge in [0.25, 0.3) is 0 Å². The van der Waals surface area contributed by atoms with Gasteiger partial charge in [-0.3, -0.25) is 0 Å². The predicted molar refractivity (Wildman–Crippen MR) is 105 cm³/mol. The predicted octanol–water partition coefficient (Wildman–Crippen LogP) is 3.05. The number of nitrogens with zero attached hydrogens (tertiary/aromatic N) is 5. The number of aromatic hydroxyl groups is 1. The molecule has 10 heteroatoms. The summed E-state index contributed by atoms with van der Waals surface area (Å²) in [4.78, 5) is 22.1. The molecule has 0 unspecified atom stereocenters. The third kappa shape index (κ3) is 3.98. The van der Waals surface area contributed by atoms with Gasteiger partial charge in [-0.05, 0) is 26.0 Å². The molecule has 158 valence electrons. The number of carbonyl (C=O) groups excluding carboxylic acids is 1. The fourth-order valence-electron chi connectivity index (χ4n) is 3.35.